The van der Waals surface area contributed by atoms with Gasteiger partial charge in [-0.25, -0.2) is 0 Å². The maximum Gasteiger partial charge on any atom is 0.251 e. The molecule has 110 valence electrons. The lowest BCUT2D eigenvalue weighted by Gasteiger charge is -2.16. The minimum Gasteiger partial charge on any atom is -0.394 e. The van der Waals surface area contributed by atoms with Crippen LogP contribution in [-0.4, -0.2) is 23.7 Å². The highest BCUT2D eigenvalue weighted by Gasteiger charge is 2.14. The average molecular weight is 369 g/mol. The molecule has 0 spiro atoms. The van der Waals surface area contributed by atoms with Crippen LogP contribution in [0.3, 0.4) is 0 Å². The van der Waals surface area contributed by atoms with E-state index in [0.29, 0.717) is 21.5 Å². The molecule has 0 heterocycles. The van der Waals surface area contributed by atoms with Crippen LogP contribution >= 0.6 is 27.5 Å². The zero-order chi connectivity index (χ0) is 15.2. The molecule has 0 unspecified atom stereocenters. The molecule has 1 amide bonds. The average Bonchev–Trinajstić information content (AvgIpc) is 2.50. The molecule has 0 aliphatic rings. The van der Waals surface area contributed by atoms with Crippen LogP contribution in [0.4, 0.5) is 0 Å². The highest BCUT2D eigenvalue weighted by Crippen LogP contribution is 2.23. The molecule has 3 nitrogen and oxygen atoms in total. The molecule has 0 saturated heterocycles. The van der Waals surface area contributed by atoms with Gasteiger partial charge in [-0.15, -0.1) is 0 Å². The molecule has 5 heteroatoms. The van der Waals surface area contributed by atoms with Crippen LogP contribution in [0, 0.1) is 0 Å². The van der Waals surface area contributed by atoms with Crippen molar-refractivity contribution < 1.29 is 9.90 Å². The SMILES string of the molecule is O=C(N[C@@H](CO)Cc1ccccc1)c1ccc(Cl)c(Br)c1. The van der Waals surface area contributed by atoms with E-state index in [2.05, 4.69) is 21.2 Å². The Morgan fingerprint density at radius 2 is 1.95 bits per heavy atom. The predicted molar refractivity (Wildman–Crippen MR) is 87.6 cm³/mol. The normalized spacial score (nSPS) is 12.0. The van der Waals surface area contributed by atoms with Crippen molar-refractivity contribution in [2.24, 2.45) is 0 Å². The number of halogens is 2. The van der Waals surface area contributed by atoms with E-state index in [9.17, 15) is 9.90 Å². The fourth-order valence-corrected chi connectivity index (χ4v) is 2.46. The van der Waals surface area contributed by atoms with E-state index in [0.717, 1.165) is 5.56 Å². The van der Waals surface area contributed by atoms with E-state index in [1.54, 1.807) is 18.2 Å². The summed E-state index contributed by atoms with van der Waals surface area (Å²) in [5.74, 6) is -0.234. The highest BCUT2D eigenvalue weighted by molar-refractivity contribution is 9.10. The lowest BCUT2D eigenvalue weighted by molar-refractivity contribution is 0.0916. The molecule has 0 aliphatic heterocycles. The van der Waals surface area contributed by atoms with E-state index in [1.807, 2.05) is 30.3 Å². The number of nitrogens with one attached hydrogen (secondary N) is 1. The summed E-state index contributed by atoms with van der Waals surface area (Å²) in [6, 6.07) is 14.4. The van der Waals surface area contributed by atoms with Gasteiger partial charge in [0.15, 0.2) is 0 Å². The molecule has 1 atom stereocenters. The second kappa shape index (κ2) is 7.59. The second-order valence-corrected chi connectivity index (χ2v) is 5.93. The third-order valence-corrected chi connectivity index (χ3v) is 4.28. The first-order valence-electron chi connectivity index (χ1n) is 6.51. The Bertz CT molecular complexity index is 619. The topological polar surface area (TPSA) is 49.3 Å². The van der Waals surface area contributed by atoms with Gasteiger partial charge < -0.3 is 10.4 Å². The summed E-state index contributed by atoms with van der Waals surface area (Å²) in [4.78, 5) is 12.2. The van der Waals surface area contributed by atoms with Crippen molar-refractivity contribution >= 4 is 33.4 Å². The number of carbonyl (C=O) groups is 1. The molecule has 2 N–H and O–H groups in total. The Balaban J connectivity index is 2.04. The van der Waals surface area contributed by atoms with Gasteiger partial charge in [0.05, 0.1) is 17.7 Å². The number of benzene rings is 2. The van der Waals surface area contributed by atoms with Gasteiger partial charge in [-0.1, -0.05) is 41.9 Å². The van der Waals surface area contributed by atoms with Crippen LogP contribution in [0.1, 0.15) is 15.9 Å². The Kier molecular flexibility index (Phi) is 5.79. The minimum absolute atomic E-state index is 0.116. The largest absolute Gasteiger partial charge is 0.394 e. The van der Waals surface area contributed by atoms with Gasteiger partial charge in [0.25, 0.3) is 5.91 Å². The smallest absolute Gasteiger partial charge is 0.251 e. The fourth-order valence-electron chi connectivity index (χ4n) is 1.97. The first-order chi connectivity index (χ1) is 10.1. The number of aliphatic hydroxyl groups is 1. The molecule has 0 saturated carbocycles. The fraction of sp³-hybridized carbons (Fsp3) is 0.188. The van der Waals surface area contributed by atoms with Crippen molar-refractivity contribution in [3.63, 3.8) is 0 Å². The van der Waals surface area contributed by atoms with Crippen LogP contribution in [0.25, 0.3) is 0 Å². The third kappa shape index (κ3) is 4.56. The van der Waals surface area contributed by atoms with E-state index in [1.165, 1.54) is 0 Å². The van der Waals surface area contributed by atoms with Gasteiger partial charge in [-0.3, -0.25) is 4.79 Å². The quantitative estimate of drug-likeness (QED) is 0.849. The Morgan fingerprint density at radius 1 is 1.24 bits per heavy atom. The van der Waals surface area contributed by atoms with Crippen molar-refractivity contribution in [2.75, 3.05) is 6.61 Å². The highest BCUT2D eigenvalue weighted by atomic mass is 79.9. The lowest BCUT2D eigenvalue weighted by Crippen LogP contribution is -2.39. The molecular formula is C16H15BrClNO2. The molecule has 2 rings (SSSR count). The van der Waals surface area contributed by atoms with Gasteiger partial charge in [0.1, 0.15) is 0 Å². The maximum atomic E-state index is 12.2. The molecule has 0 fully saturated rings. The first-order valence-corrected chi connectivity index (χ1v) is 7.68. The van der Waals surface area contributed by atoms with E-state index in [4.69, 9.17) is 11.6 Å². The van der Waals surface area contributed by atoms with E-state index in [-0.39, 0.29) is 18.6 Å². The summed E-state index contributed by atoms with van der Waals surface area (Å²) in [7, 11) is 0. The zero-order valence-electron chi connectivity index (χ0n) is 11.2. The first kappa shape index (κ1) is 16.0. The third-order valence-electron chi connectivity index (χ3n) is 3.06. The predicted octanol–water partition coefficient (Wildman–Crippen LogP) is 3.44. The van der Waals surface area contributed by atoms with Gasteiger partial charge in [0.2, 0.25) is 0 Å². The molecule has 0 radical (unpaired) electrons. The summed E-state index contributed by atoms with van der Waals surface area (Å²) in [6.45, 7) is -0.116. The number of carbonyl (C=O) groups excluding carboxylic acids is 1. The van der Waals surface area contributed by atoms with Gasteiger partial charge >= 0.3 is 0 Å². The van der Waals surface area contributed by atoms with Crippen molar-refractivity contribution in [1.29, 1.82) is 0 Å². The van der Waals surface area contributed by atoms with Crippen molar-refractivity contribution in [1.82, 2.24) is 5.32 Å². The van der Waals surface area contributed by atoms with Gasteiger partial charge in [0, 0.05) is 10.0 Å². The van der Waals surface area contributed by atoms with Crippen LogP contribution < -0.4 is 5.32 Å². The summed E-state index contributed by atoms with van der Waals surface area (Å²) in [6.07, 6.45) is 0.581. The molecule has 0 aromatic heterocycles. The number of aliphatic hydroxyl groups excluding tert-OH is 1. The molecule has 0 bridgehead atoms. The molecular weight excluding hydrogens is 354 g/mol. The minimum atomic E-state index is -0.325. The van der Waals surface area contributed by atoms with Crippen molar-refractivity contribution in [3.8, 4) is 0 Å². The maximum absolute atomic E-state index is 12.2. The monoisotopic (exact) mass is 367 g/mol. The van der Waals surface area contributed by atoms with E-state index < -0.39 is 0 Å². The molecule has 2 aromatic carbocycles. The van der Waals surface area contributed by atoms with Crippen molar-refractivity contribution in [3.05, 3.63) is 69.2 Å². The molecule has 21 heavy (non-hydrogen) atoms. The number of amides is 1. The van der Waals surface area contributed by atoms with Crippen LogP contribution in [0.2, 0.25) is 5.02 Å². The number of hydrogen-bond acceptors (Lipinski definition) is 2. The van der Waals surface area contributed by atoms with Crippen LogP contribution in [-0.2, 0) is 6.42 Å². The van der Waals surface area contributed by atoms with E-state index >= 15 is 0 Å². The van der Waals surface area contributed by atoms with Gasteiger partial charge in [-0.05, 0) is 46.1 Å². The summed E-state index contributed by atoms with van der Waals surface area (Å²) < 4.78 is 0.667. The zero-order valence-corrected chi connectivity index (χ0v) is 13.6. The number of hydrogen-bond donors (Lipinski definition) is 2. The summed E-state index contributed by atoms with van der Waals surface area (Å²) in [5.41, 5.74) is 1.56. The second-order valence-electron chi connectivity index (χ2n) is 4.67. The standard InChI is InChI=1S/C16H15BrClNO2/c17-14-9-12(6-7-15(14)18)16(21)19-13(10-20)8-11-4-2-1-3-5-11/h1-7,9,13,20H,8,10H2,(H,19,21)/t13-/m1/s1. The lowest BCUT2D eigenvalue weighted by atomic mass is 10.1. The molecule has 2 aromatic rings. The Morgan fingerprint density at radius 3 is 2.57 bits per heavy atom. The Labute approximate surface area is 137 Å². The summed E-state index contributed by atoms with van der Waals surface area (Å²) >= 11 is 9.20. The van der Waals surface area contributed by atoms with Crippen LogP contribution in [0.5, 0.6) is 0 Å². The van der Waals surface area contributed by atoms with Gasteiger partial charge in [-0.2, -0.15) is 0 Å². The Hall–Kier alpha value is -1.36. The van der Waals surface area contributed by atoms with Crippen molar-refractivity contribution in [2.45, 2.75) is 12.5 Å². The summed E-state index contributed by atoms with van der Waals surface area (Å²) in [5, 5.41) is 12.8. The molecule has 0 aliphatic carbocycles. The number of rotatable bonds is 5. The van der Waals surface area contributed by atoms with Crippen LogP contribution in [0.15, 0.2) is 53.0 Å².